The van der Waals surface area contributed by atoms with Crippen LogP contribution in [0.4, 0.5) is 22.7 Å². The zero-order valence-electron chi connectivity index (χ0n) is 12.2. The molecule has 0 saturated carbocycles. The summed E-state index contributed by atoms with van der Waals surface area (Å²) in [4.78, 5) is 0. The lowest BCUT2D eigenvalue weighted by molar-refractivity contribution is 1.14. The third-order valence-corrected chi connectivity index (χ3v) is 3.35. The Hall–Kier alpha value is -2.36. The summed E-state index contributed by atoms with van der Waals surface area (Å²) in [7, 11) is 1.94. The van der Waals surface area contributed by atoms with Gasteiger partial charge in [0.25, 0.3) is 0 Å². The van der Waals surface area contributed by atoms with E-state index >= 15 is 0 Å². The summed E-state index contributed by atoms with van der Waals surface area (Å²) < 4.78 is 0. The molecule has 0 aliphatic carbocycles. The summed E-state index contributed by atoms with van der Waals surface area (Å²) in [5, 5.41) is 3.20. The number of benzene rings is 2. The summed E-state index contributed by atoms with van der Waals surface area (Å²) in [6.07, 6.45) is 0.993. The van der Waals surface area contributed by atoms with Crippen LogP contribution in [0.2, 0.25) is 0 Å². The molecule has 0 saturated heterocycles. The van der Waals surface area contributed by atoms with Gasteiger partial charge in [0.2, 0.25) is 0 Å². The highest BCUT2D eigenvalue weighted by Gasteiger charge is 2.02. The first-order chi connectivity index (χ1) is 9.63. The molecule has 20 heavy (non-hydrogen) atoms. The number of hydrazine groups is 1. The second-order valence-electron chi connectivity index (χ2n) is 4.80. The maximum Gasteiger partial charge on any atom is 0.0570 e. The Labute approximate surface area is 120 Å². The number of nitrogens with one attached hydrogen (secondary N) is 3. The van der Waals surface area contributed by atoms with Gasteiger partial charge in [-0.3, -0.25) is 0 Å². The standard InChI is InChI=1S/C16H22N4/c1-4-12-10-14(6-8-16(12)18-3)19-20-15-7-5-13(17)9-11(15)2/h5-10,18-20H,4,17H2,1-3H3. The maximum absolute atomic E-state index is 5.75. The molecule has 0 spiro atoms. The van der Waals surface area contributed by atoms with E-state index in [1.165, 1.54) is 11.3 Å². The number of nitrogens with two attached hydrogens (primary N) is 1. The minimum absolute atomic E-state index is 0.777. The van der Waals surface area contributed by atoms with Crippen LogP contribution in [-0.4, -0.2) is 7.05 Å². The second-order valence-corrected chi connectivity index (χ2v) is 4.80. The van der Waals surface area contributed by atoms with Crippen molar-refractivity contribution in [3.63, 3.8) is 0 Å². The Morgan fingerprint density at radius 3 is 2.40 bits per heavy atom. The van der Waals surface area contributed by atoms with Crippen LogP contribution in [0.25, 0.3) is 0 Å². The molecule has 2 rings (SSSR count). The fourth-order valence-corrected chi connectivity index (χ4v) is 2.17. The van der Waals surface area contributed by atoms with Gasteiger partial charge in [-0.05, 0) is 60.9 Å². The molecule has 106 valence electrons. The highest BCUT2D eigenvalue weighted by Crippen LogP contribution is 2.22. The van der Waals surface area contributed by atoms with Crippen molar-refractivity contribution in [2.45, 2.75) is 20.3 Å². The summed E-state index contributed by atoms with van der Waals surface area (Å²) in [6.45, 7) is 4.18. The summed E-state index contributed by atoms with van der Waals surface area (Å²) in [5.74, 6) is 0. The van der Waals surface area contributed by atoms with Crippen molar-refractivity contribution in [3.05, 3.63) is 47.5 Å². The van der Waals surface area contributed by atoms with Crippen LogP contribution < -0.4 is 21.9 Å². The van der Waals surface area contributed by atoms with E-state index in [-0.39, 0.29) is 0 Å². The Balaban J connectivity index is 2.10. The van der Waals surface area contributed by atoms with Crippen molar-refractivity contribution in [1.82, 2.24) is 0 Å². The van der Waals surface area contributed by atoms with E-state index in [4.69, 9.17) is 5.73 Å². The number of nitrogen functional groups attached to an aromatic ring is 1. The molecule has 0 aromatic heterocycles. The number of hydrogen-bond acceptors (Lipinski definition) is 4. The SMILES string of the molecule is CCc1cc(NNc2ccc(N)cc2C)ccc1NC. The van der Waals surface area contributed by atoms with E-state index in [1.54, 1.807) is 0 Å². The van der Waals surface area contributed by atoms with Crippen molar-refractivity contribution in [3.8, 4) is 0 Å². The van der Waals surface area contributed by atoms with Gasteiger partial charge in [-0.25, -0.2) is 0 Å². The molecule has 0 radical (unpaired) electrons. The number of hydrogen-bond donors (Lipinski definition) is 4. The Kier molecular flexibility index (Phi) is 4.35. The second kappa shape index (κ2) is 6.19. The molecule has 5 N–H and O–H groups in total. The van der Waals surface area contributed by atoms with Gasteiger partial charge in [-0.1, -0.05) is 6.92 Å². The van der Waals surface area contributed by atoms with Crippen LogP contribution in [0.5, 0.6) is 0 Å². The van der Waals surface area contributed by atoms with Crippen LogP contribution in [0.15, 0.2) is 36.4 Å². The maximum atomic E-state index is 5.75. The molecule has 0 heterocycles. The summed E-state index contributed by atoms with van der Waals surface area (Å²) in [6, 6.07) is 12.1. The van der Waals surface area contributed by atoms with Crippen LogP contribution in [0.3, 0.4) is 0 Å². The average Bonchev–Trinajstić information content (AvgIpc) is 2.46. The fourth-order valence-electron chi connectivity index (χ4n) is 2.17. The highest BCUT2D eigenvalue weighted by molar-refractivity contribution is 5.63. The van der Waals surface area contributed by atoms with Crippen molar-refractivity contribution >= 4 is 22.7 Å². The van der Waals surface area contributed by atoms with Gasteiger partial charge in [0.1, 0.15) is 0 Å². The van der Waals surface area contributed by atoms with Crippen molar-refractivity contribution in [2.24, 2.45) is 0 Å². The number of anilines is 4. The third-order valence-electron chi connectivity index (χ3n) is 3.35. The van der Waals surface area contributed by atoms with E-state index in [9.17, 15) is 0 Å². The molecule has 0 bridgehead atoms. The van der Waals surface area contributed by atoms with Gasteiger partial charge in [-0.15, -0.1) is 0 Å². The Bertz CT molecular complexity index is 593. The minimum atomic E-state index is 0.777. The summed E-state index contributed by atoms with van der Waals surface area (Å²) >= 11 is 0. The summed E-state index contributed by atoms with van der Waals surface area (Å²) in [5.41, 5.74) is 18.6. The molecule has 0 unspecified atom stereocenters. The number of aryl methyl sites for hydroxylation is 2. The van der Waals surface area contributed by atoms with E-state index in [1.807, 2.05) is 38.2 Å². The molecule has 0 atom stereocenters. The normalized spacial score (nSPS) is 10.2. The topological polar surface area (TPSA) is 62.1 Å². The largest absolute Gasteiger partial charge is 0.399 e. The average molecular weight is 270 g/mol. The molecule has 2 aromatic carbocycles. The lowest BCUT2D eigenvalue weighted by Crippen LogP contribution is -2.10. The third kappa shape index (κ3) is 3.15. The quantitative estimate of drug-likeness (QED) is 0.495. The lowest BCUT2D eigenvalue weighted by Gasteiger charge is -2.15. The molecular formula is C16H22N4. The van der Waals surface area contributed by atoms with E-state index in [2.05, 4.69) is 35.2 Å². The molecule has 0 amide bonds. The molecule has 4 nitrogen and oxygen atoms in total. The monoisotopic (exact) mass is 270 g/mol. The van der Waals surface area contributed by atoms with Gasteiger partial charge in [0, 0.05) is 18.4 Å². The number of rotatable bonds is 5. The van der Waals surface area contributed by atoms with Crippen LogP contribution in [0.1, 0.15) is 18.1 Å². The lowest BCUT2D eigenvalue weighted by atomic mass is 10.1. The molecule has 0 aliphatic heterocycles. The van der Waals surface area contributed by atoms with Crippen molar-refractivity contribution in [1.29, 1.82) is 0 Å². The predicted molar refractivity (Wildman–Crippen MR) is 88.2 cm³/mol. The van der Waals surface area contributed by atoms with Crippen molar-refractivity contribution in [2.75, 3.05) is 28.9 Å². The van der Waals surface area contributed by atoms with E-state index in [0.717, 1.165) is 29.0 Å². The molecule has 2 aromatic rings. The zero-order valence-corrected chi connectivity index (χ0v) is 12.2. The van der Waals surface area contributed by atoms with Gasteiger partial charge < -0.3 is 21.9 Å². The van der Waals surface area contributed by atoms with Crippen LogP contribution >= 0.6 is 0 Å². The van der Waals surface area contributed by atoms with E-state index < -0.39 is 0 Å². The first-order valence-corrected chi connectivity index (χ1v) is 6.83. The predicted octanol–water partition coefficient (Wildman–Crippen LogP) is 3.62. The van der Waals surface area contributed by atoms with Gasteiger partial charge in [0.05, 0.1) is 11.4 Å². The first-order valence-electron chi connectivity index (χ1n) is 6.83. The molecule has 4 heteroatoms. The highest BCUT2D eigenvalue weighted by atomic mass is 15.4. The first kappa shape index (κ1) is 14.1. The van der Waals surface area contributed by atoms with Crippen LogP contribution in [-0.2, 0) is 6.42 Å². The zero-order chi connectivity index (χ0) is 14.5. The van der Waals surface area contributed by atoms with Gasteiger partial charge >= 0.3 is 0 Å². The Morgan fingerprint density at radius 1 is 1.00 bits per heavy atom. The van der Waals surface area contributed by atoms with Crippen molar-refractivity contribution < 1.29 is 0 Å². The fraction of sp³-hybridized carbons (Fsp3) is 0.250. The van der Waals surface area contributed by atoms with Crippen LogP contribution in [0, 0.1) is 6.92 Å². The Morgan fingerprint density at radius 2 is 1.75 bits per heavy atom. The molecular weight excluding hydrogens is 248 g/mol. The smallest absolute Gasteiger partial charge is 0.0570 e. The van der Waals surface area contributed by atoms with E-state index in [0.29, 0.717) is 0 Å². The van der Waals surface area contributed by atoms with Gasteiger partial charge in [0.15, 0.2) is 0 Å². The minimum Gasteiger partial charge on any atom is -0.399 e. The van der Waals surface area contributed by atoms with Gasteiger partial charge in [-0.2, -0.15) is 0 Å². The molecule has 0 fully saturated rings. The molecule has 0 aliphatic rings.